The Kier molecular flexibility index (Phi) is 8.86. The molecule has 0 aliphatic rings. The summed E-state index contributed by atoms with van der Waals surface area (Å²) in [5.74, 6) is 0.824. The van der Waals surface area contributed by atoms with Crippen LogP contribution < -0.4 is 15.6 Å². The number of benzene rings is 2. The second-order valence-electron chi connectivity index (χ2n) is 8.05. The van der Waals surface area contributed by atoms with Crippen molar-refractivity contribution in [1.82, 2.24) is 14.8 Å². The number of pyridine rings is 1. The Hall–Kier alpha value is -2.90. The molecule has 0 fully saturated rings. The Balaban J connectivity index is 1.82. The minimum atomic E-state index is -0.0805. The summed E-state index contributed by atoms with van der Waals surface area (Å²) in [7, 11) is 0. The molecule has 1 heterocycles. The van der Waals surface area contributed by atoms with Crippen LogP contribution in [0.4, 0.5) is 5.69 Å². The molecule has 0 amide bonds. The minimum Gasteiger partial charge on any atom is -0.494 e. The first kappa shape index (κ1) is 24.7. The third kappa shape index (κ3) is 6.79. The molecule has 0 unspecified atom stereocenters. The molecule has 33 heavy (non-hydrogen) atoms. The van der Waals surface area contributed by atoms with Gasteiger partial charge in [-0.3, -0.25) is 4.79 Å². The van der Waals surface area contributed by atoms with E-state index in [9.17, 15) is 4.79 Å². The van der Waals surface area contributed by atoms with Gasteiger partial charge in [0.15, 0.2) is 5.11 Å². The van der Waals surface area contributed by atoms with Gasteiger partial charge < -0.3 is 24.8 Å². The van der Waals surface area contributed by atoms with Crippen LogP contribution in [0.15, 0.2) is 53.3 Å². The maximum atomic E-state index is 12.8. The topological polar surface area (TPSA) is 60.6 Å². The fourth-order valence-corrected chi connectivity index (χ4v) is 4.03. The number of fused-ring (bicyclic) bond motifs is 1. The van der Waals surface area contributed by atoms with Crippen molar-refractivity contribution in [2.75, 3.05) is 38.1 Å². The SMILES string of the molecule is CCOc1ccc(NC(=S)N(CCN(CC)CC)Cc2cc3cc(C)ccc3[nH]c2=O)cc1. The van der Waals surface area contributed by atoms with Crippen molar-refractivity contribution in [2.45, 2.75) is 34.2 Å². The zero-order chi connectivity index (χ0) is 23.8. The molecule has 3 aromatic rings. The molecule has 0 atom stereocenters. The van der Waals surface area contributed by atoms with Crippen molar-refractivity contribution in [3.8, 4) is 5.75 Å². The van der Waals surface area contributed by atoms with E-state index >= 15 is 0 Å². The van der Waals surface area contributed by atoms with Crippen molar-refractivity contribution >= 4 is 33.9 Å². The predicted molar refractivity (Wildman–Crippen MR) is 141 cm³/mol. The molecule has 7 heteroatoms. The molecule has 1 aromatic heterocycles. The Labute approximate surface area is 201 Å². The standard InChI is InChI=1S/C26H34N4O2S/c1-5-29(6-2)14-15-30(26(33)27-22-9-11-23(12-10-22)32-7-3)18-21-17-20-16-19(4)8-13-24(20)28-25(21)31/h8-13,16-17H,5-7,14-15,18H2,1-4H3,(H,27,33)(H,28,31). The molecule has 0 spiro atoms. The number of rotatable bonds is 10. The Morgan fingerprint density at radius 1 is 1.03 bits per heavy atom. The van der Waals surface area contributed by atoms with Gasteiger partial charge in [0.05, 0.1) is 13.2 Å². The van der Waals surface area contributed by atoms with E-state index in [-0.39, 0.29) is 5.56 Å². The molecule has 0 saturated heterocycles. The first-order valence-electron chi connectivity index (χ1n) is 11.6. The van der Waals surface area contributed by atoms with Gasteiger partial charge in [0.25, 0.3) is 5.56 Å². The highest BCUT2D eigenvalue weighted by molar-refractivity contribution is 7.80. The number of aromatic nitrogens is 1. The molecular weight excluding hydrogens is 432 g/mol. The van der Waals surface area contributed by atoms with E-state index in [1.807, 2.05) is 49.4 Å². The molecular formula is C26H34N4O2S. The van der Waals surface area contributed by atoms with Crippen molar-refractivity contribution in [2.24, 2.45) is 0 Å². The first-order valence-corrected chi connectivity index (χ1v) is 12.0. The number of H-pyrrole nitrogens is 1. The average molecular weight is 467 g/mol. The Morgan fingerprint density at radius 2 is 1.76 bits per heavy atom. The van der Waals surface area contributed by atoms with Gasteiger partial charge in [0, 0.05) is 29.9 Å². The zero-order valence-electron chi connectivity index (χ0n) is 20.0. The number of hydrogen-bond donors (Lipinski definition) is 2. The highest BCUT2D eigenvalue weighted by atomic mass is 32.1. The molecule has 176 valence electrons. The highest BCUT2D eigenvalue weighted by Crippen LogP contribution is 2.18. The highest BCUT2D eigenvalue weighted by Gasteiger charge is 2.15. The number of anilines is 1. The molecule has 0 radical (unpaired) electrons. The smallest absolute Gasteiger partial charge is 0.253 e. The van der Waals surface area contributed by atoms with Crippen LogP contribution in [0.25, 0.3) is 10.9 Å². The molecule has 0 bridgehead atoms. The van der Waals surface area contributed by atoms with Gasteiger partial charge in [0.1, 0.15) is 5.75 Å². The number of aryl methyl sites for hydroxylation is 1. The van der Waals surface area contributed by atoms with E-state index in [2.05, 4.69) is 46.9 Å². The van der Waals surface area contributed by atoms with Crippen LogP contribution in [-0.4, -0.2) is 52.7 Å². The van der Waals surface area contributed by atoms with E-state index < -0.39 is 0 Å². The fourth-order valence-electron chi connectivity index (χ4n) is 3.75. The van der Waals surface area contributed by atoms with Gasteiger partial charge >= 0.3 is 0 Å². The summed E-state index contributed by atoms with van der Waals surface area (Å²) in [4.78, 5) is 20.2. The summed E-state index contributed by atoms with van der Waals surface area (Å²) in [6.45, 7) is 12.9. The van der Waals surface area contributed by atoms with Crippen LogP contribution in [0.3, 0.4) is 0 Å². The molecule has 2 N–H and O–H groups in total. The average Bonchev–Trinajstić information content (AvgIpc) is 2.81. The third-order valence-electron chi connectivity index (χ3n) is 5.72. The summed E-state index contributed by atoms with van der Waals surface area (Å²) in [6, 6.07) is 15.8. The van der Waals surface area contributed by atoms with Crippen LogP contribution in [0, 0.1) is 6.92 Å². The van der Waals surface area contributed by atoms with Crippen LogP contribution in [0.1, 0.15) is 31.9 Å². The number of nitrogens with zero attached hydrogens (tertiary/aromatic N) is 2. The largest absolute Gasteiger partial charge is 0.494 e. The minimum absolute atomic E-state index is 0.0805. The molecule has 0 aliphatic carbocycles. The summed E-state index contributed by atoms with van der Waals surface area (Å²) in [6.07, 6.45) is 0. The molecule has 6 nitrogen and oxygen atoms in total. The number of likely N-dealkylation sites (N-methyl/N-ethyl adjacent to an activating group) is 1. The normalized spacial score (nSPS) is 11.1. The monoisotopic (exact) mass is 466 g/mol. The second-order valence-corrected chi connectivity index (χ2v) is 8.44. The summed E-state index contributed by atoms with van der Waals surface area (Å²) >= 11 is 5.78. The van der Waals surface area contributed by atoms with E-state index in [1.54, 1.807) is 0 Å². The van der Waals surface area contributed by atoms with Gasteiger partial charge in [-0.25, -0.2) is 0 Å². The van der Waals surface area contributed by atoms with Gasteiger partial charge in [-0.1, -0.05) is 25.5 Å². The van der Waals surface area contributed by atoms with Crippen molar-refractivity contribution in [1.29, 1.82) is 0 Å². The summed E-state index contributed by atoms with van der Waals surface area (Å²) in [5.41, 5.74) is 3.51. The Morgan fingerprint density at radius 3 is 2.42 bits per heavy atom. The van der Waals surface area contributed by atoms with Crippen LogP contribution in [-0.2, 0) is 6.54 Å². The van der Waals surface area contributed by atoms with Crippen molar-refractivity contribution in [3.63, 3.8) is 0 Å². The number of thiocarbonyl (C=S) groups is 1. The molecule has 0 saturated carbocycles. The third-order valence-corrected chi connectivity index (χ3v) is 6.08. The van der Waals surface area contributed by atoms with Crippen molar-refractivity contribution < 1.29 is 4.74 Å². The molecule has 2 aromatic carbocycles. The second kappa shape index (κ2) is 11.8. The van der Waals surface area contributed by atoms with Crippen LogP contribution >= 0.6 is 12.2 Å². The van der Waals surface area contributed by atoms with E-state index in [1.165, 1.54) is 0 Å². The summed E-state index contributed by atoms with van der Waals surface area (Å²) in [5, 5.41) is 4.95. The lowest BCUT2D eigenvalue weighted by molar-refractivity contribution is 0.266. The maximum Gasteiger partial charge on any atom is 0.253 e. The number of aromatic amines is 1. The maximum absolute atomic E-state index is 12.8. The van der Waals surface area contributed by atoms with Gasteiger partial charge in [0.2, 0.25) is 0 Å². The fraction of sp³-hybridized carbons (Fsp3) is 0.385. The lowest BCUT2D eigenvalue weighted by atomic mass is 10.1. The zero-order valence-corrected chi connectivity index (χ0v) is 20.8. The van der Waals surface area contributed by atoms with Gasteiger partial charge in [-0.05, 0) is 87.0 Å². The number of nitrogens with one attached hydrogen (secondary N) is 2. The van der Waals surface area contributed by atoms with Gasteiger partial charge in [-0.15, -0.1) is 0 Å². The van der Waals surface area contributed by atoms with Crippen LogP contribution in [0.2, 0.25) is 0 Å². The van der Waals surface area contributed by atoms with E-state index in [0.29, 0.717) is 23.8 Å². The number of ether oxygens (including phenoxy) is 1. The quantitative estimate of drug-likeness (QED) is 0.420. The number of hydrogen-bond acceptors (Lipinski definition) is 4. The summed E-state index contributed by atoms with van der Waals surface area (Å²) < 4.78 is 5.52. The lowest BCUT2D eigenvalue weighted by Gasteiger charge is -2.29. The molecule has 3 rings (SSSR count). The molecule has 0 aliphatic heterocycles. The van der Waals surface area contributed by atoms with E-state index in [4.69, 9.17) is 17.0 Å². The Bertz CT molecular complexity index is 1120. The first-order chi connectivity index (χ1) is 15.9. The lowest BCUT2D eigenvalue weighted by Crippen LogP contribution is -2.41. The van der Waals surface area contributed by atoms with Crippen molar-refractivity contribution in [3.05, 3.63) is 70.0 Å². The predicted octanol–water partition coefficient (Wildman–Crippen LogP) is 4.78. The van der Waals surface area contributed by atoms with E-state index in [0.717, 1.165) is 54.1 Å². The van der Waals surface area contributed by atoms with Crippen LogP contribution in [0.5, 0.6) is 5.75 Å². The van der Waals surface area contributed by atoms with Gasteiger partial charge in [-0.2, -0.15) is 0 Å².